The van der Waals surface area contributed by atoms with Crippen LogP contribution >= 0.6 is 51.3 Å². The minimum atomic E-state index is 0.308. The molecule has 2 aromatic rings. The van der Waals surface area contributed by atoms with E-state index in [1.54, 1.807) is 12.1 Å². The number of rotatable bonds is 6. The summed E-state index contributed by atoms with van der Waals surface area (Å²) in [5, 5.41) is 1.17. The maximum atomic E-state index is 6.27. The average molecular weight is 517 g/mol. The second kappa shape index (κ2) is 10.3. The molecule has 0 aliphatic carbocycles. The largest absolute Gasteiger partial charge is 0.490 e. The lowest BCUT2D eigenvalue weighted by Gasteiger charge is -2.32. The summed E-state index contributed by atoms with van der Waals surface area (Å²) in [5.74, 6) is 2.06. The predicted octanol–water partition coefficient (Wildman–Crippen LogP) is 7.14. The van der Waals surface area contributed by atoms with Crippen molar-refractivity contribution in [3.63, 3.8) is 0 Å². The SMILES string of the molecule is CCOc1cc(C(=S)N2CCC(C)CC2)cc(Br)c1OCc1ccc(Cl)cc1Cl. The van der Waals surface area contributed by atoms with Crippen LogP contribution in [0.15, 0.2) is 34.8 Å². The first-order chi connectivity index (χ1) is 13.9. The summed E-state index contributed by atoms with van der Waals surface area (Å²) in [7, 11) is 0. The van der Waals surface area contributed by atoms with Gasteiger partial charge in [-0.1, -0.05) is 48.4 Å². The van der Waals surface area contributed by atoms with E-state index in [-0.39, 0.29) is 0 Å². The van der Waals surface area contributed by atoms with Crippen LogP contribution in [0.2, 0.25) is 10.0 Å². The summed E-state index contributed by atoms with van der Waals surface area (Å²) in [6.45, 7) is 7.07. The first kappa shape index (κ1) is 22.7. The van der Waals surface area contributed by atoms with Crippen molar-refractivity contribution in [1.82, 2.24) is 4.90 Å². The molecule has 1 fully saturated rings. The third-order valence-corrected chi connectivity index (χ3v) is 6.68. The molecule has 0 aromatic heterocycles. The fourth-order valence-corrected chi connectivity index (χ4v) is 4.60. The Labute approximate surface area is 196 Å². The molecule has 156 valence electrons. The molecule has 3 nitrogen and oxygen atoms in total. The number of benzene rings is 2. The van der Waals surface area contributed by atoms with E-state index in [4.69, 9.17) is 44.9 Å². The fraction of sp³-hybridized carbons (Fsp3) is 0.409. The van der Waals surface area contributed by atoms with Gasteiger partial charge in [-0.05, 0) is 65.9 Å². The van der Waals surface area contributed by atoms with E-state index >= 15 is 0 Å². The molecule has 3 rings (SSSR count). The van der Waals surface area contributed by atoms with Gasteiger partial charge in [0.1, 0.15) is 11.6 Å². The Morgan fingerprint density at radius 3 is 2.55 bits per heavy atom. The first-order valence-electron chi connectivity index (χ1n) is 9.71. The molecular formula is C22H24BrCl2NO2S. The lowest BCUT2D eigenvalue weighted by atomic mass is 9.99. The van der Waals surface area contributed by atoms with Crippen molar-refractivity contribution in [3.8, 4) is 11.5 Å². The Kier molecular flexibility index (Phi) is 8.08. The molecular weight excluding hydrogens is 493 g/mol. The lowest BCUT2D eigenvalue weighted by Crippen LogP contribution is -2.37. The van der Waals surface area contributed by atoms with Crippen LogP contribution in [0, 0.1) is 5.92 Å². The van der Waals surface area contributed by atoms with Crippen molar-refractivity contribution in [1.29, 1.82) is 0 Å². The molecule has 0 saturated carbocycles. The highest BCUT2D eigenvalue weighted by Crippen LogP contribution is 2.38. The molecule has 1 heterocycles. The molecule has 7 heteroatoms. The van der Waals surface area contributed by atoms with Gasteiger partial charge in [0.05, 0.1) is 11.1 Å². The number of ether oxygens (including phenoxy) is 2. The Hall–Kier alpha value is -1.01. The second-order valence-corrected chi connectivity index (χ2v) is 9.30. The van der Waals surface area contributed by atoms with Gasteiger partial charge in [-0.25, -0.2) is 0 Å². The topological polar surface area (TPSA) is 21.7 Å². The monoisotopic (exact) mass is 515 g/mol. The molecule has 29 heavy (non-hydrogen) atoms. The van der Waals surface area contributed by atoms with Gasteiger partial charge in [-0.15, -0.1) is 0 Å². The number of halogens is 3. The van der Waals surface area contributed by atoms with Crippen molar-refractivity contribution < 1.29 is 9.47 Å². The number of hydrogen-bond acceptors (Lipinski definition) is 3. The third kappa shape index (κ3) is 5.78. The quantitative estimate of drug-likeness (QED) is 0.380. The molecule has 0 radical (unpaired) electrons. The predicted molar refractivity (Wildman–Crippen MR) is 128 cm³/mol. The molecule has 0 spiro atoms. The number of thiocarbonyl (C=S) groups is 1. The second-order valence-electron chi connectivity index (χ2n) is 7.22. The summed E-state index contributed by atoms with van der Waals surface area (Å²) in [6, 6.07) is 9.34. The van der Waals surface area contributed by atoms with Crippen LogP contribution in [0.25, 0.3) is 0 Å². The van der Waals surface area contributed by atoms with Gasteiger partial charge in [-0.3, -0.25) is 0 Å². The molecule has 0 N–H and O–H groups in total. The fourth-order valence-electron chi connectivity index (χ4n) is 3.28. The zero-order valence-electron chi connectivity index (χ0n) is 16.5. The summed E-state index contributed by atoms with van der Waals surface area (Å²) >= 11 is 21.7. The van der Waals surface area contributed by atoms with Crippen LogP contribution in [-0.4, -0.2) is 29.6 Å². The van der Waals surface area contributed by atoms with E-state index in [9.17, 15) is 0 Å². The van der Waals surface area contributed by atoms with Crippen molar-refractivity contribution in [3.05, 3.63) is 56.0 Å². The van der Waals surface area contributed by atoms with E-state index in [2.05, 4.69) is 27.8 Å². The molecule has 1 aliphatic heterocycles. The molecule has 0 atom stereocenters. The molecule has 0 bridgehead atoms. The van der Waals surface area contributed by atoms with Crippen LogP contribution in [-0.2, 0) is 6.61 Å². The van der Waals surface area contributed by atoms with Crippen LogP contribution in [0.1, 0.15) is 37.8 Å². The Morgan fingerprint density at radius 1 is 1.17 bits per heavy atom. The molecule has 0 amide bonds. The van der Waals surface area contributed by atoms with Gasteiger partial charge in [-0.2, -0.15) is 0 Å². The normalized spacial score (nSPS) is 14.7. The number of hydrogen-bond donors (Lipinski definition) is 0. The standard InChI is InChI=1S/C22H24BrCl2NO2S/c1-3-27-20-11-16(22(29)26-8-6-14(2)7-9-26)10-18(23)21(20)28-13-15-4-5-17(24)12-19(15)25/h4-5,10-12,14H,3,6-9,13H2,1-2H3. The third-order valence-electron chi connectivity index (χ3n) is 5.01. The number of nitrogens with zero attached hydrogens (tertiary/aromatic N) is 1. The van der Waals surface area contributed by atoms with E-state index in [0.29, 0.717) is 34.8 Å². The van der Waals surface area contributed by atoms with Gasteiger partial charge in [0.15, 0.2) is 11.5 Å². The van der Waals surface area contributed by atoms with Crippen molar-refractivity contribution >= 4 is 56.3 Å². The average Bonchev–Trinajstić information content (AvgIpc) is 2.69. The molecule has 1 aliphatic rings. The van der Waals surface area contributed by atoms with Crippen molar-refractivity contribution in [2.75, 3.05) is 19.7 Å². The highest BCUT2D eigenvalue weighted by Gasteiger charge is 2.21. The highest BCUT2D eigenvalue weighted by atomic mass is 79.9. The van der Waals surface area contributed by atoms with Crippen LogP contribution in [0.4, 0.5) is 0 Å². The maximum absolute atomic E-state index is 6.27. The Morgan fingerprint density at radius 2 is 1.90 bits per heavy atom. The van der Waals surface area contributed by atoms with Gasteiger partial charge in [0.2, 0.25) is 0 Å². The van der Waals surface area contributed by atoms with Crippen LogP contribution < -0.4 is 9.47 Å². The van der Waals surface area contributed by atoms with Gasteiger partial charge in [0.25, 0.3) is 0 Å². The zero-order chi connectivity index (χ0) is 21.0. The van der Waals surface area contributed by atoms with Gasteiger partial charge in [0, 0.05) is 34.3 Å². The summed E-state index contributed by atoms with van der Waals surface area (Å²) in [5.41, 5.74) is 1.81. The minimum Gasteiger partial charge on any atom is -0.490 e. The lowest BCUT2D eigenvalue weighted by molar-refractivity contribution is 0.267. The van der Waals surface area contributed by atoms with Crippen LogP contribution in [0.5, 0.6) is 11.5 Å². The molecule has 1 saturated heterocycles. The number of likely N-dealkylation sites (tertiary alicyclic amines) is 1. The van der Waals surface area contributed by atoms with E-state index in [0.717, 1.165) is 39.6 Å². The minimum absolute atomic E-state index is 0.308. The van der Waals surface area contributed by atoms with E-state index < -0.39 is 0 Å². The summed E-state index contributed by atoms with van der Waals surface area (Å²) in [6.07, 6.45) is 2.34. The highest BCUT2D eigenvalue weighted by molar-refractivity contribution is 9.10. The van der Waals surface area contributed by atoms with E-state index in [1.165, 1.54) is 12.8 Å². The van der Waals surface area contributed by atoms with Gasteiger partial charge >= 0.3 is 0 Å². The van der Waals surface area contributed by atoms with Crippen LogP contribution in [0.3, 0.4) is 0 Å². The Balaban J connectivity index is 1.81. The van der Waals surface area contributed by atoms with Crippen molar-refractivity contribution in [2.24, 2.45) is 5.92 Å². The molecule has 0 unspecified atom stereocenters. The van der Waals surface area contributed by atoms with Gasteiger partial charge < -0.3 is 14.4 Å². The molecule has 2 aromatic carbocycles. The Bertz CT molecular complexity index is 885. The maximum Gasteiger partial charge on any atom is 0.175 e. The summed E-state index contributed by atoms with van der Waals surface area (Å²) in [4.78, 5) is 3.13. The summed E-state index contributed by atoms with van der Waals surface area (Å²) < 4.78 is 12.7. The van der Waals surface area contributed by atoms with Crippen molar-refractivity contribution in [2.45, 2.75) is 33.3 Å². The smallest absolute Gasteiger partial charge is 0.175 e. The number of piperidine rings is 1. The first-order valence-corrected chi connectivity index (χ1v) is 11.7. The zero-order valence-corrected chi connectivity index (χ0v) is 20.4. The van der Waals surface area contributed by atoms with E-state index in [1.807, 2.05) is 25.1 Å².